The first kappa shape index (κ1) is 21.4. The standard InChI is InChI=1S/C23H30N2O3/c1-17(2)12-13-27-22-7-5-6-20(14-22)25-23(26)15-24-19-8-10-21(11-9-19)28-16-18(3)4/h5-11,14,17,24H,3,12-13,15-16H2,1-2,4H3,(H,25,26). The minimum Gasteiger partial charge on any atom is -0.494 e. The second-order valence-corrected chi connectivity index (χ2v) is 7.23. The molecule has 2 rings (SSSR count). The summed E-state index contributed by atoms with van der Waals surface area (Å²) >= 11 is 0. The Labute approximate surface area is 167 Å². The Bertz CT molecular complexity index is 770. The van der Waals surface area contributed by atoms with Gasteiger partial charge >= 0.3 is 0 Å². The van der Waals surface area contributed by atoms with Gasteiger partial charge in [0.05, 0.1) is 13.2 Å². The maximum absolute atomic E-state index is 12.2. The van der Waals surface area contributed by atoms with Gasteiger partial charge in [0.25, 0.3) is 0 Å². The highest BCUT2D eigenvalue weighted by Crippen LogP contribution is 2.19. The lowest BCUT2D eigenvalue weighted by Crippen LogP contribution is -2.21. The predicted molar refractivity (Wildman–Crippen MR) is 115 cm³/mol. The van der Waals surface area contributed by atoms with Crippen molar-refractivity contribution in [2.45, 2.75) is 27.2 Å². The van der Waals surface area contributed by atoms with Gasteiger partial charge in [0.2, 0.25) is 5.91 Å². The van der Waals surface area contributed by atoms with E-state index in [1.54, 1.807) is 0 Å². The highest BCUT2D eigenvalue weighted by Gasteiger charge is 2.04. The van der Waals surface area contributed by atoms with E-state index in [0.717, 1.165) is 34.9 Å². The average Bonchev–Trinajstić information content (AvgIpc) is 2.65. The van der Waals surface area contributed by atoms with E-state index in [9.17, 15) is 4.79 Å². The summed E-state index contributed by atoms with van der Waals surface area (Å²) in [5, 5.41) is 5.98. The molecule has 2 aromatic rings. The van der Waals surface area contributed by atoms with Gasteiger partial charge in [0, 0.05) is 17.4 Å². The van der Waals surface area contributed by atoms with Gasteiger partial charge < -0.3 is 20.1 Å². The molecule has 0 unspecified atom stereocenters. The smallest absolute Gasteiger partial charge is 0.243 e. The third-order valence-electron chi connectivity index (χ3n) is 3.87. The number of hydrogen-bond donors (Lipinski definition) is 2. The highest BCUT2D eigenvalue weighted by atomic mass is 16.5. The van der Waals surface area contributed by atoms with Gasteiger partial charge in [-0.1, -0.05) is 26.5 Å². The van der Waals surface area contributed by atoms with Crippen LogP contribution in [0.5, 0.6) is 11.5 Å². The summed E-state index contributed by atoms with van der Waals surface area (Å²) in [6.07, 6.45) is 0.998. The molecular weight excluding hydrogens is 352 g/mol. The highest BCUT2D eigenvalue weighted by molar-refractivity contribution is 5.93. The van der Waals surface area contributed by atoms with Crippen molar-refractivity contribution in [1.29, 1.82) is 0 Å². The van der Waals surface area contributed by atoms with Crippen LogP contribution in [0.15, 0.2) is 60.7 Å². The van der Waals surface area contributed by atoms with Crippen molar-refractivity contribution < 1.29 is 14.3 Å². The first-order valence-electron chi connectivity index (χ1n) is 9.56. The number of rotatable bonds is 11. The number of nitrogens with one attached hydrogen (secondary N) is 2. The SMILES string of the molecule is C=C(C)COc1ccc(NCC(=O)Nc2cccc(OCCC(C)C)c2)cc1. The number of hydrogen-bond acceptors (Lipinski definition) is 4. The molecule has 0 fully saturated rings. The van der Waals surface area contributed by atoms with Gasteiger partial charge in [-0.15, -0.1) is 0 Å². The number of ether oxygens (including phenoxy) is 2. The van der Waals surface area contributed by atoms with Gasteiger partial charge in [-0.3, -0.25) is 4.79 Å². The number of amides is 1. The number of carbonyl (C=O) groups excluding carboxylic acids is 1. The molecule has 0 saturated carbocycles. The first-order chi connectivity index (χ1) is 13.4. The quantitative estimate of drug-likeness (QED) is 0.530. The molecule has 0 aliphatic heterocycles. The van der Waals surface area contributed by atoms with Gasteiger partial charge in [-0.2, -0.15) is 0 Å². The zero-order valence-electron chi connectivity index (χ0n) is 17.0. The van der Waals surface area contributed by atoms with Gasteiger partial charge in [-0.05, 0) is 61.2 Å². The van der Waals surface area contributed by atoms with Crippen LogP contribution in [-0.4, -0.2) is 25.7 Å². The minimum absolute atomic E-state index is 0.123. The van der Waals surface area contributed by atoms with Crippen LogP contribution >= 0.6 is 0 Å². The van der Waals surface area contributed by atoms with Crippen molar-refractivity contribution in [3.8, 4) is 11.5 Å². The minimum atomic E-state index is -0.123. The van der Waals surface area contributed by atoms with Gasteiger partial charge in [0.1, 0.15) is 18.1 Å². The lowest BCUT2D eigenvalue weighted by Gasteiger charge is -2.11. The van der Waals surface area contributed by atoms with Crippen molar-refractivity contribution in [1.82, 2.24) is 0 Å². The van der Waals surface area contributed by atoms with Crippen LogP contribution in [0.4, 0.5) is 11.4 Å². The van der Waals surface area contributed by atoms with Crippen LogP contribution in [0.1, 0.15) is 27.2 Å². The van der Waals surface area contributed by atoms with Gasteiger partial charge in [-0.25, -0.2) is 0 Å². The molecule has 28 heavy (non-hydrogen) atoms. The molecule has 5 heteroatoms. The fourth-order valence-electron chi connectivity index (χ4n) is 2.34. The van der Waals surface area contributed by atoms with E-state index in [2.05, 4.69) is 31.1 Å². The summed E-state index contributed by atoms with van der Waals surface area (Å²) in [5.41, 5.74) is 2.54. The van der Waals surface area contributed by atoms with Crippen LogP contribution in [0.2, 0.25) is 0 Å². The predicted octanol–water partition coefficient (Wildman–Crippen LogP) is 5.12. The Morgan fingerprint density at radius 2 is 1.79 bits per heavy atom. The Hall–Kier alpha value is -2.95. The van der Waals surface area contributed by atoms with E-state index < -0.39 is 0 Å². The molecule has 0 aliphatic carbocycles. The number of benzene rings is 2. The average molecular weight is 383 g/mol. The Balaban J connectivity index is 1.78. The zero-order chi connectivity index (χ0) is 20.4. The van der Waals surface area contributed by atoms with E-state index in [-0.39, 0.29) is 12.5 Å². The Kier molecular flexibility index (Phi) is 8.40. The molecule has 5 nitrogen and oxygen atoms in total. The van der Waals surface area contributed by atoms with Crippen molar-refractivity contribution in [2.75, 3.05) is 30.4 Å². The molecule has 150 valence electrons. The molecule has 0 radical (unpaired) electrons. The molecule has 0 atom stereocenters. The molecular formula is C23H30N2O3. The van der Waals surface area contributed by atoms with Crippen molar-refractivity contribution >= 4 is 17.3 Å². The van der Waals surface area contributed by atoms with Crippen LogP contribution in [0.25, 0.3) is 0 Å². The normalized spacial score (nSPS) is 10.4. The van der Waals surface area contributed by atoms with Crippen LogP contribution in [0, 0.1) is 5.92 Å². The molecule has 2 aromatic carbocycles. The molecule has 0 saturated heterocycles. The topological polar surface area (TPSA) is 59.6 Å². The number of carbonyl (C=O) groups is 1. The second-order valence-electron chi connectivity index (χ2n) is 7.23. The lowest BCUT2D eigenvalue weighted by atomic mass is 10.1. The van der Waals surface area contributed by atoms with E-state index in [1.807, 2.05) is 55.5 Å². The largest absolute Gasteiger partial charge is 0.494 e. The molecule has 0 aromatic heterocycles. The fourth-order valence-corrected chi connectivity index (χ4v) is 2.34. The number of anilines is 2. The molecule has 0 bridgehead atoms. The second kappa shape index (κ2) is 11.0. The maximum Gasteiger partial charge on any atom is 0.243 e. The third kappa shape index (κ3) is 8.16. The lowest BCUT2D eigenvalue weighted by molar-refractivity contribution is -0.114. The fraction of sp³-hybridized carbons (Fsp3) is 0.348. The van der Waals surface area contributed by atoms with Crippen molar-refractivity contribution in [3.05, 3.63) is 60.7 Å². The maximum atomic E-state index is 12.2. The molecule has 0 heterocycles. The van der Waals surface area contributed by atoms with Crippen molar-refractivity contribution in [3.63, 3.8) is 0 Å². The summed E-state index contributed by atoms with van der Waals surface area (Å²) in [7, 11) is 0. The summed E-state index contributed by atoms with van der Waals surface area (Å²) in [5.74, 6) is 2.01. The Morgan fingerprint density at radius 3 is 2.46 bits per heavy atom. The van der Waals surface area contributed by atoms with Crippen LogP contribution in [-0.2, 0) is 4.79 Å². The molecule has 2 N–H and O–H groups in total. The zero-order valence-corrected chi connectivity index (χ0v) is 17.0. The summed E-state index contributed by atoms with van der Waals surface area (Å²) in [6, 6.07) is 14.9. The monoisotopic (exact) mass is 382 g/mol. The molecule has 0 aliphatic rings. The summed E-state index contributed by atoms with van der Waals surface area (Å²) in [4.78, 5) is 12.2. The summed E-state index contributed by atoms with van der Waals surface area (Å²) in [6.45, 7) is 11.4. The van der Waals surface area contributed by atoms with E-state index >= 15 is 0 Å². The molecule has 0 spiro atoms. The Morgan fingerprint density at radius 1 is 1.04 bits per heavy atom. The third-order valence-corrected chi connectivity index (χ3v) is 3.87. The van der Waals surface area contributed by atoms with E-state index in [1.165, 1.54) is 0 Å². The van der Waals surface area contributed by atoms with Crippen LogP contribution < -0.4 is 20.1 Å². The van der Waals surface area contributed by atoms with Gasteiger partial charge in [0.15, 0.2) is 0 Å². The van der Waals surface area contributed by atoms with Crippen molar-refractivity contribution in [2.24, 2.45) is 5.92 Å². The van der Waals surface area contributed by atoms with E-state index in [0.29, 0.717) is 19.1 Å². The first-order valence-corrected chi connectivity index (χ1v) is 9.56. The summed E-state index contributed by atoms with van der Waals surface area (Å²) < 4.78 is 11.3. The van der Waals surface area contributed by atoms with Crippen LogP contribution in [0.3, 0.4) is 0 Å². The molecule has 1 amide bonds. The van der Waals surface area contributed by atoms with E-state index in [4.69, 9.17) is 9.47 Å².